The first-order valence-electron chi connectivity index (χ1n) is 10.4. The van der Waals surface area contributed by atoms with Crippen LogP contribution in [0.5, 0.6) is 5.75 Å². The largest absolute Gasteiger partial charge is 1.00 e. The number of carboxylic acid groups (broad SMARTS) is 1. The summed E-state index contributed by atoms with van der Waals surface area (Å²) < 4.78 is 38.6. The zero-order chi connectivity index (χ0) is 25.4. The van der Waals surface area contributed by atoms with E-state index >= 15 is 0 Å². The number of β-lactam (4-membered cyclic amide) rings is 1. The van der Waals surface area contributed by atoms with Crippen molar-refractivity contribution in [3.8, 4) is 5.75 Å². The van der Waals surface area contributed by atoms with E-state index < -0.39 is 67.4 Å². The quantitative estimate of drug-likeness (QED) is 0.189. The summed E-state index contributed by atoms with van der Waals surface area (Å²) in [6, 6.07) is 4.71. The van der Waals surface area contributed by atoms with E-state index in [1.807, 2.05) is 0 Å². The molecule has 5 atom stereocenters. The molecule has 0 spiro atoms. The molecular formula is C21H19K2N3O9S2. The first kappa shape index (κ1) is 31.7. The van der Waals surface area contributed by atoms with Crippen molar-refractivity contribution in [1.29, 1.82) is 0 Å². The fourth-order valence-electron chi connectivity index (χ4n) is 4.85. The van der Waals surface area contributed by atoms with Crippen molar-refractivity contribution in [3.05, 3.63) is 47.7 Å². The molecule has 12 nitrogen and oxygen atoms in total. The average Bonchev–Trinajstić information content (AvgIpc) is 3.43. The van der Waals surface area contributed by atoms with E-state index in [2.05, 4.69) is 5.32 Å². The van der Waals surface area contributed by atoms with Crippen LogP contribution in [0.4, 0.5) is 0 Å². The van der Waals surface area contributed by atoms with Gasteiger partial charge >= 0.3 is 103 Å². The van der Waals surface area contributed by atoms with Gasteiger partial charge in [0, 0.05) is 4.75 Å². The predicted octanol–water partition coefficient (Wildman–Crippen LogP) is -6.75. The van der Waals surface area contributed by atoms with E-state index in [1.54, 1.807) is 13.8 Å². The van der Waals surface area contributed by atoms with Gasteiger partial charge in [0.1, 0.15) is 35.1 Å². The van der Waals surface area contributed by atoms with Crippen molar-refractivity contribution in [2.45, 2.75) is 53.4 Å². The summed E-state index contributed by atoms with van der Waals surface area (Å²) in [4.78, 5) is 40.9. The molecule has 2 N–H and O–H groups in total. The van der Waals surface area contributed by atoms with E-state index in [9.17, 15) is 37.6 Å². The van der Waals surface area contributed by atoms with Gasteiger partial charge in [-0.3, -0.25) is 14.9 Å². The Balaban J connectivity index is 0.00000190. The molecular weight excluding hydrogens is 581 g/mol. The molecule has 0 bridgehead atoms. The molecule has 16 heteroatoms. The Morgan fingerprint density at radius 1 is 1.08 bits per heavy atom. The number of hydrogen-bond acceptors (Lipinski definition) is 11. The number of nitrogens with one attached hydrogen (secondary N) is 1. The number of thioether (sulfide) groups is 1. The normalized spacial score (nSPS) is 28.2. The Morgan fingerprint density at radius 3 is 2.24 bits per heavy atom. The number of fused-ring (bicyclic) bond motifs is 1. The van der Waals surface area contributed by atoms with Gasteiger partial charge in [0.05, 0.1) is 12.0 Å². The summed E-state index contributed by atoms with van der Waals surface area (Å²) in [7, 11) is -4.91. The van der Waals surface area contributed by atoms with Gasteiger partial charge in [-0.1, -0.05) is 12.1 Å². The number of rotatable bonds is 5. The number of aromatic hydroxyl groups is 1. The number of hydrogen-bond donors (Lipinski definition) is 2. The maximum Gasteiger partial charge on any atom is 1.00 e. The monoisotopic (exact) mass is 599 g/mol. The number of benzene rings is 1. The molecule has 3 saturated heterocycles. The second kappa shape index (κ2) is 11.2. The third-order valence-electron chi connectivity index (χ3n) is 6.38. The Labute approximate surface area is 301 Å². The molecule has 3 aliphatic heterocycles. The molecule has 1 aromatic heterocycles. The number of carboxylic acids is 1. The van der Waals surface area contributed by atoms with E-state index in [-0.39, 0.29) is 114 Å². The minimum atomic E-state index is -4.91. The van der Waals surface area contributed by atoms with Gasteiger partial charge in [-0.2, -0.15) is 0 Å². The fourth-order valence-corrected chi connectivity index (χ4v) is 6.96. The second-order valence-electron chi connectivity index (χ2n) is 8.97. The van der Waals surface area contributed by atoms with Crippen LogP contribution < -0.4 is 113 Å². The molecule has 2 aromatic rings. The maximum atomic E-state index is 13.6. The van der Waals surface area contributed by atoms with Crippen LogP contribution in [0, 0.1) is 0 Å². The molecule has 3 fully saturated rings. The number of carbonyl (C=O) groups excluding carboxylic acids is 3. The fraction of sp³-hybridized carbons (Fsp3) is 0.381. The summed E-state index contributed by atoms with van der Waals surface area (Å²) in [5.41, 5.74) is 0.458. The Morgan fingerprint density at radius 2 is 1.70 bits per heavy atom. The number of amides is 2. The number of aliphatic carboxylic acids is 1. The number of phenols is 1. The Kier molecular flexibility index (Phi) is 9.63. The number of furan rings is 1. The molecule has 37 heavy (non-hydrogen) atoms. The Hall–Kier alpha value is 0.203. The van der Waals surface area contributed by atoms with Crippen LogP contribution in [0.2, 0.25) is 0 Å². The zero-order valence-electron chi connectivity index (χ0n) is 20.3. The van der Waals surface area contributed by atoms with Gasteiger partial charge in [0.25, 0.3) is 0 Å². The average molecular weight is 600 g/mol. The Bertz CT molecular complexity index is 1350. The van der Waals surface area contributed by atoms with Gasteiger partial charge in [-0.05, 0) is 43.7 Å². The van der Waals surface area contributed by atoms with Crippen molar-refractivity contribution < 1.29 is 145 Å². The van der Waals surface area contributed by atoms with Crippen LogP contribution in [0.25, 0.3) is 0 Å². The molecule has 0 aliphatic carbocycles. The first-order chi connectivity index (χ1) is 16.3. The molecule has 2 amide bonds. The van der Waals surface area contributed by atoms with Crippen molar-refractivity contribution in [2.75, 3.05) is 0 Å². The molecule has 0 saturated carbocycles. The zero-order valence-corrected chi connectivity index (χ0v) is 28.2. The van der Waals surface area contributed by atoms with Crippen LogP contribution in [-0.2, 0) is 24.5 Å². The molecule has 5 rings (SSSR count). The summed E-state index contributed by atoms with van der Waals surface area (Å²) in [6.07, 6.45) is -1.13. The molecule has 1 aromatic carbocycles. The second-order valence-corrected chi connectivity index (χ2v) is 12.1. The van der Waals surface area contributed by atoms with Crippen molar-refractivity contribution in [3.63, 3.8) is 0 Å². The smallest absolute Gasteiger partial charge is 0.742 e. The first-order valence-corrected chi connectivity index (χ1v) is 12.7. The van der Waals surface area contributed by atoms with Crippen molar-refractivity contribution >= 4 is 39.7 Å². The van der Waals surface area contributed by atoms with Crippen molar-refractivity contribution in [2.24, 2.45) is 0 Å². The minimum absolute atomic E-state index is 0. The third kappa shape index (κ3) is 5.44. The van der Waals surface area contributed by atoms with Gasteiger partial charge < -0.3 is 33.8 Å². The number of nitrogens with zero attached hydrogens (tertiary/aromatic N) is 2. The topological polar surface area (TPSA) is 183 Å². The summed E-state index contributed by atoms with van der Waals surface area (Å²) in [5, 5.41) is 22.8. The SMILES string of the molecule is CC1(C)S[C@@H]2[C@H](N3C(=O)C(c4ccc(O)cc4)NC3c3ccc(S(=O)(=O)[O-])o3)C(=O)N2[C@H]1C(=O)[O-].[K+].[K+]. The van der Waals surface area contributed by atoms with Gasteiger partial charge in [-0.15, -0.1) is 11.8 Å². The third-order valence-corrected chi connectivity index (χ3v) is 8.65. The van der Waals surface area contributed by atoms with Gasteiger partial charge in [0.15, 0.2) is 10.1 Å². The van der Waals surface area contributed by atoms with Crippen LogP contribution >= 0.6 is 11.8 Å². The van der Waals surface area contributed by atoms with E-state index in [4.69, 9.17) is 4.42 Å². The van der Waals surface area contributed by atoms with Crippen molar-refractivity contribution in [1.82, 2.24) is 15.1 Å². The summed E-state index contributed by atoms with van der Waals surface area (Å²) >= 11 is 1.21. The standard InChI is InChI=1S/C21H21N3O9S2.2K/c1-21(2)15(20(28)29)24-18(27)14(19(24)34-21)23-16(11-7-8-12(33-11)35(30,31)32)22-13(17(23)26)9-3-5-10(25)6-4-9;;/h3-8,13-16,19,22,25H,1-2H3,(H,28,29)(H,30,31,32);;/q;2*+1/p-2/t13?,14-,15+,16?,19-;;/m1../s1. The van der Waals surface area contributed by atoms with Gasteiger partial charge in [-0.25, -0.2) is 8.42 Å². The number of carbonyl (C=O) groups is 3. The number of phenolic OH excluding ortho intramolecular Hbond substituents is 1. The maximum absolute atomic E-state index is 13.6. The molecule has 4 heterocycles. The predicted molar refractivity (Wildman–Crippen MR) is 115 cm³/mol. The van der Waals surface area contributed by atoms with Crippen LogP contribution in [-0.4, -0.2) is 67.9 Å². The summed E-state index contributed by atoms with van der Waals surface area (Å²) in [6.45, 7) is 3.33. The molecule has 2 unspecified atom stereocenters. The minimum Gasteiger partial charge on any atom is -0.742 e. The van der Waals surface area contributed by atoms with Crippen LogP contribution in [0.3, 0.4) is 0 Å². The molecule has 0 radical (unpaired) electrons. The van der Waals surface area contributed by atoms with Gasteiger partial charge in [0.2, 0.25) is 16.9 Å². The molecule has 3 aliphatic rings. The summed E-state index contributed by atoms with van der Waals surface area (Å²) in [5.74, 6) is -2.66. The van der Waals surface area contributed by atoms with E-state index in [0.29, 0.717) is 5.56 Å². The molecule has 186 valence electrons. The van der Waals surface area contributed by atoms with Crippen LogP contribution in [0.15, 0.2) is 45.9 Å². The van der Waals surface area contributed by atoms with E-state index in [0.717, 1.165) is 6.07 Å². The van der Waals surface area contributed by atoms with E-state index in [1.165, 1.54) is 51.9 Å². The van der Waals surface area contributed by atoms with Crippen LogP contribution in [0.1, 0.15) is 37.4 Å².